The van der Waals surface area contributed by atoms with Crippen molar-refractivity contribution >= 4 is 11.9 Å². The number of hydrogen-bond acceptors (Lipinski definition) is 4. The fraction of sp³-hybridized carbons (Fsp3) is 0.412. The quantitative estimate of drug-likeness (QED) is 0.859. The van der Waals surface area contributed by atoms with E-state index >= 15 is 0 Å². The molecule has 25 heavy (non-hydrogen) atoms. The monoisotopic (exact) mass is 342 g/mol. The molecule has 3 rings (SSSR count). The van der Waals surface area contributed by atoms with Crippen LogP contribution in [0.1, 0.15) is 42.9 Å². The molecule has 4 N–H and O–H groups in total. The van der Waals surface area contributed by atoms with E-state index in [0.29, 0.717) is 30.0 Å². The minimum absolute atomic E-state index is 0.331. The molecule has 0 spiro atoms. The number of hydrogen-bond donors (Lipinski definition) is 2. The lowest BCUT2D eigenvalue weighted by Crippen LogP contribution is -2.49. The first-order valence-electron chi connectivity index (χ1n) is 8.08. The highest BCUT2D eigenvalue weighted by Crippen LogP contribution is 2.43. The number of carbonyl (C=O) groups excluding carboxylic acids is 2. The highest BCUT2D eigenvalue weighted by molar-refractivity contribution is 6.00. The van der Waals surface area contributed by atoms with E-state index in [-0.39, 0.29) is 5.41 Å². The molecule has 0 fully saturated rings. The van der Waals surface area contributed by atoms with Crippen LogP contribution in [0.3, 0.4) is 0 Å². The Kier molecular flexibility index (Phi) is 3.98. The van der Waals surface area contributed by atoms with Crippen LogP contribution in [0.2, 0.25) is 0 Å². The average molecular weight is 342 g/mol. The summed E-state index contributed by atoms with van der Waals surface area (Å²) < 4.78 is 1.77. The van der Waals surface area contributed by atoms with Gasteiger partial charge in [0.1, 0.15) is 5.69 Å². The van der Waals surface area contributed by atoms with E-state index in [1.807, 2.05) is 20.8 Å². The van der Waals surface area contributed by atoms with E-state index in [4.69, 9.17) is 11.5 Å². The Morgan fingerprint density at radius 1 is 1.16 bits per heavy atom. The summed E-state index contributed by atoms with van der Waals surface area (Å²) in [6.45, 7) is 6.86. The van der Waals surface area contributed by atoms with Crippen molar-refractivity contribution in [2.24, 2.45) is 16.9 Å². The normalized spacial score (nSPS) is 17.2. The number of rotatable bonds is 2. The van der Waals surface area contributed by atoms with Gasteiger partial charge in [0.25, 0.3) is 5.91 Å². The molecule has 0 aromatic carbocycles. The molecule has 0 bridgehead atoms. The van der Waals surface area contributed by atoms with E-state index in [2.05, 4.69) is 10.1 Å². The van der Waals surface area contributed by atoms with E-state index < -0.39 is 18.0 Å². The molecule has 0 aliphatic carbocycles. The van der Waals surface area contributed by atoms with Crippen LogP contribution in [-0.4, -0.2) is 38.1 Å². The minimum Gasteiger partial charge on any atom is -0.365 e. The number of nitrogens with zero attached hydrogens (tertiary/aromatic N) is 4. The van der Waals surface area contributed by atoms with Gasteiger partial charge in [-0.1, -0.05) is 20.8 Å². The number of urea groups is 1. The Labute approximate surface area is 145 Å². The Bertz CT molecular complexity index is 822. The number of nitrogens with two attached hydrogens (primary N) is 2. The van der Waals surface area contributed by atoms with Gasteiger partial charge in [-0.25, -0.2) is 4.79 Å². The van der Waals surface area contributed by atoms with Gasteiger partial charge in [0.2, 0.25) is 0 Å². The fourth-order valence-corrected chi connectivity index (χ4v) is 3.47. The third kappa shape index (κ3) is 2.84. The van der Waals surface area contributed by atoms with Gasteiger partial charge >= 0.3 is 6.03 Å². The van der Waals surface area contributed by atoms with Crippen LogP contribution in [0, 0.1) is 5.41 Å². The second-order valence-electron chi connectivity index (χ2n) is 7.23. The summed E-state index contributed by atoms with van der Waals surface area (Å²) >= 11 is 0. The largest absolute Gasteiger partial charge is 0.365 e. The van der Waals surface area contributed by atoms with Gasteiger partial charge in [-0.3, -0.25) is 14.5 Å². The topological polar surface area (TPSA) is 120 Å². The molecule has 8 nitrogen and oxygen atoms in total. The van der Waals surface area contributed by atoms with Gasteiger partial charge in [0.05, 0.1) is 23.8 Å². The van der Waals surface area contributed by atoms with Crippen molar-refractivity contribution in [1.82, 2.24) is 19.7 Å². The number of amides is 3. The van der Waals surface area contributed by atoms with Gasteiger partial charge in [-0.2, -0.15) is 5.10 Å². The molecule has 132 valence electrons. The standard InChI is InChI=1S/C17H22N6O2/c1-17(2,3)14-13-11(15(18)24)12(10-4-6-20-7-5-10)21-23(13)9-8-22(14)16(19)25/h4-7,14H,8-9H2,1-3H3,(H2,18,24)(H2,19,25). The van der Waals surface area contributed by atoms with Crippen molar-refractivity contribution in [2.45, 2.75) is 33.4 Å². The first-order valence-corrected chi connectivity index (χ1v) is 8.08. The summed E-state index contributed by atoms with van der Waals surface area (Å²) in [5.74, 6) is -0.575. The molecular formula is C17H22N6O2. The van der Waals surface area contributed by atoms with Crippen molar-refractivity contribution in [2.75, 3.05) is 6.54 Å². The molecule has 1 unspecified atom stereocenters. The van der Waals surface area contributed by atoms with Crippen molar-refractivity contribution in [3.63, 3.8) is 0 Å². The van der Waals surface area contributed by atoms with E-state index in [0.717, 1.165) is 5.56 Å². The van der Waals surface area contributed by atoms with E-state index in [1.165, 1.54) is 0 Å². The smallest absolute Gasteiger partial charge is 0.315 e. The summed E-state index contributed by atoms with van der Waals surface area (Å²) in [7, 11) is 0. The third-order valence-corrected chi connectivity index (χ3v) is 4.42. The molecule has 1 atom stereocenters. The summed E-state index contributed by atoms with van der Waals surface area (Å²) in [5.41, 5.74) is 13.2. The van der Waals surface area contributed by atoms with Crippen LogP contribution in [0.25, 0.3) is 11.3 Å². The second kappa shape index (κ2) is 5.87. The van der Waals surface area contributed by atoms with Crippen molar-refractivity contribution < 1.29 is 9.59 Å². The molecule has 1 aliphatic heterocycles. The molecule has 2 aromatic heterocycles. The summed E-state index contributed by atoms with van der Waals surface area (Å²) in [5, 5.41) is 4.61. The van der Waals surface area contributed by atoms with Crippen LogP contribution in [0.4, 0.5) is 4.79 Å². The number of carbonyl (C=O) groups is 2. The van der Waals surface area contributed by atoms with Gasteiger partial charge in [-0.05, 0) is 17.5 Å². The Balaban J connectivity index is 2.28. The number of primary amides is 2. The SMILES string of the molecule is CC(C)(C)C1c2c(C(N)=O)c(-c3ccncc3)nn2CCN1C(N)=O. The summed E-state index contributed by atoms with van der Waals surface area (Å²) in [4.78, 5) is 29.8. The minimum atomic E-state index is -0.575. The van der Waals surface area contributed by atoms with Crippen molar-refractivity contribution in [1.29, 1.82) is 0 Å². The Morgan fingerprint density at radius 3 is 2.32 bits per heavy atom. The molecule has 8 heteroatoms. The molecule has 3 heterocycles. The zero-order valence-electron chi connectivity index (χ0n) is 14.6. The van der Waals surface area contributed by atoms with Crippen LogP contribution in [0.5, 0.6) is 0 Å². The van der Waals surface area contributed by atoms with E-state index in [9.17, 15) is 9.59 Å². The van der Waals surface area contributed by atoms with Crippen LogP contribution >= 0.6 is 0 Å². The van der Waals surface area contributed by atoms with Crippen LogP contribution in [0.15, 0.2) is 24.5 Å². The summed E-state index contributed by atoms with van der Waals surface area (Å²) in [6.07, 6.45) is 3.27. The van der Waals surface area contributed by atoms with Crippen LogP contribution < -0.4 is 11.5 Å². The Hall–Kier alpha value is -2.90. The maximum atomic E-state index is 12.3. The maximum absolute atomic E-state index is 12.3. The van der Waals surface area contributed by atoms with Gasteiger partial charge in [0.15, 0.2) is 0 Å². The first-order chi connectivity index (χ1) is 11.7. The molecule has 3 amide bonds. The molecule has 0 radical (unpaired) electrons. The molecular weight excluding hydrogens is 320 g/mol. The predicted octanol–water partition coefficient (Wildman–Crippen LogP) is 1.53. The van der Waals surface area contributed by atoms with Crippen molar-refractivity contribution in [3.8, 4) is 11.3 Å². The molecule has 2 aromatic rings. The van der Waals surface area contributed by atoms with E-state index in [1.54, 1.807) is 34.1 Å². The predicted molar refractivity (Wildman–Crippen MR) is 92.5 cm³/mol. The molecule has 0 saturated carbocycles. The third-order valence-electron chi connectivity index (χ3n) is 4.42. The lowest BCUT2D eigenvalue weighted by molar-refractivity contribution is 0.0899. The molecule has 1 aliphatic rings. The number of pyridine rings is 1. The maximum Gasteiger partial charge on any atom is 0.315 e. The fourth-order valence-electron chi connectivity index (χ4n) is 3.47. The highest BCUT2D eigenvalue weighted by atomic mass is 16.2. The lowest BCUT2D eigenvalue weighted by Gasteiger charge is -2.42. The van der Waals surface area contributed by atoms with Crippen molar-refractivity contribution in [3.05, 3.63) is 35.8 Å². The summed E-state index contributed by atoms with van der Waals surface area (Å²) in [6, 6.07) is 2.63. The second-order valence-corrected chi connectivity index (χ2v) is 7.23. The van der Waals surface area contributed by atoms with Crippen LogP contribution in [-0.2, 0) is 6.54 Å². The average Bonchev–Trinajstić information content (AvgIpc) is 2.93. The zero-order valence-corrected chi connectivity index (χ0v) is 14.6. The lowest BCUT2D eigenvalue weighted by atomic mass is 9.81. The zero-order chi connectivity index (χ0) is 18.4. The van der Waals surface area contributed by atoms with Gasteiger partial charge in [-0.15, -0.1) is 0 Å². The number of fused-ring (bicyclic) bond motifs is 1. The first kappa shape index (κ1) is 16.9. The molecule has 0 saturated heterocycles. The van der Waals surface area contributed by atoms with Gasteiger partial charge < -0.3 is 16.4 Å². The Morgan fingerprint density at radius 2 is 1.80 bits per heavy atom. The highest BCUT2D eigenvalue weighted by Gasteiger charge is 2.42. The van der Waals surface area contributed by atoms with Gasteiger partial charge in [0, 0.05) is 24.5 Å². The number of aromatic nitrogens is 3.